The van der Waals surface area contributed by atoms with Crippen LogP contribution in [0.5, 0.6) is 11.6 Å². The van der Waals surface area contributed by atoms with Crippen molar-refractivity contribution >= 4 is 0 Å². The molecule has 3 heterocycles. The highest BCUT2D eigenvalue weighted by Gasteiger charge is 2.37. The maximum Gasteiger partial charge on any atom is 0.437 e. The number of alkyl halides is 3. The van der Waals surface area contributed by atoms with Gasteiger partial charge in [-0.15, -0.1) is 10.2 Å². The van der Waals surface area contributed by atoms with Crippen molar-refractivity contribution in [1.82, 2.24) is 24.7 Å². The normalized spacial score (nSPS) is 11.5. The van der Waals surface area contributed by atoms with E-state index in [4.69, 9.17) is 14.2 Å². The summed E-state index contributed by atoms with van der Waals surface area (Å²) >= 11 is 0. The predicted octanol–water partition coefficient (Wildman–Crippen LogP) is 3.30. The van der Waals surface area contributed by atoms with Crippen LogP contribution in [0.2, 0.25) is 0 Å². The summed E-state index contributed by atoms with van der Waals surface area (Å²) in [4.78, 5) is 7.89. The lowest BCUT2D eigenvalue weighted by atomic mass is 10.2. The van der Waals surface area contributed by atoms with Crippen LogP contribution in [-0.4, -0.2) is 45.6 Å². The molecule has 0 unspecified atom stereocenters. The molecule has 0 bridgehead atoms. The zero-order chi connectivity index (χ0) is 21.0. The maximum atomic E-state index is 13.5. The van der Waals surface area contributed by atoms with Gasteiger partial charge in [-0.05, 0) is 25.1 Å². The van der Waals surface area contributed by atoms with E-state index in [1.165, 1.54) is 37.1 Å². The van der Waals surface area contributed by atoms with E-state index < -0.39 is 11.9 Å². The van der Waals surface area contributed by atoms with Gasteiger partial charge in [-0.2, -0.15) is 13.2 Å². The molecule has 0 amide bonds. The number of hydrogen-bond donors (Lipinski definition) is 0. The number of aromatic nitrogens is 5. The molecule has 3 aromatic heterocycles. The van der Waals surface area contributed by atoms with E-state index in [0.29, 0.717) is 17.4 Å². The van der Waals surface area contributed by atoms with Crippen LogP contribution < -0.4 is 9.47 Å². The van der Waals surface area contributed by atoms with Gasteiger partial charge in [0.25, 0.3) is 0 Å². The molecule has 0 saturated heterocycles. The maximum absolute atomic E-state index is 13.5. The Bertz CT molecular complexity index is 974. The summed E-state index contributed by atoms with van der Waals surface area (Å²) in [5, 5.41) is 8.05. The average molecular weight is 409 g/mol. The molecule has 0 aliphatic heterocycles. The summed E-state index contributed by atoms with van der Waals surface area (Å²) in [6.07, 6.45) is -3.20. The number of nitrogens with zero attached hydrogens (tertiary/aromatic N) is 5. The minimum atomic E-state index is -4.69. The van der Waals surface area contributed by atoms with E-state index in [1.807, 2.05) is 0 Å². The quantitative estimate of drug-likeness (QED) is 0.592. The van der Waals surface area contributed by atoms with Crippen LogP contribution >= 0.6 is 0 Å². The van der Waals surface area contributed by atoms with E-state index >= 15 is 0 Å². The van der Waals surface area contributed by atoms with E-state index in [0.717, 1.165) is 0 Å². The van der Waals surface area contributed by atoms with Crippen molar-refractivity contribution in [3.05, 3.63) is 42.0 Å². The van der Waals surface area contributed by atoms with Crippen LogP contribution in [0.15, 0.2) is 30.5 Å². The number of rotatable bonds is 7. The molecule has 11 heteroatoms. The van der Waals surface area contributed by atoms with Gasteiger partial charge in [0.1, 0.15) is 18.1 Å². The van der Waals surface area contributed by atoms with Crippen molar-refractivity contribution < 1.29 is 27.4 Å². The molecule has 154 valence electrons. The smallest absolute Gasteiger partial charge is 0.437 e. The van der Waals surface area contributed by atoms with Crippen molar-refractivity contribution in [3.63, 3.8) is 0 Å². The Morgan fingerprint density at radius 1 is 1.07 bits per heavy atom. The van der Waals surface area contributed by atoms with Gasteiger partial charge in [0.05, 0.1) is 25.6 Å². The molecule has 0 aliphatic carbocycles. The first-order chi connectivity index (χ1) is 13.9. The van der Waals surface area contributed by atoms with Crippen LogP contribution in [0.25, 0.3) is 17.2 Å². The first kappa shape index (κ1) is 20.5. The van der Waals surface area contributed by atoms with Crippen LogP contribution in [0.3, 0.4) is 0 Å². The molecular formula is C18H18F3N5O3. The topological polar surface area (TPSA) is 84.2 Å². The minimum absolute atomic E-state index is 0.0218. The van der Waals surface area contributed by atoms with Gasteiger partial charge < -0.3 is 14.2 Å². The van der Waals surface area contributed by atoms with Gasteiger partial charge in [-0.25, -0.2) is 9.97 Å². The zero-order valence-electron chi connectivity index (χ0n) is 15.9. The summed E-state index contributed by atoms with van der Waals surface area (Å²) in [5.41, 5.74) is -0.638. The van der Waals surface area contributed by atoms with Crippen LogP contribution in [0, 0.1) is 0 Å². The third-order valence-electron chi connectivity index (χ3n) is 3.85. The molecule has 3 rings (SSSR count). The van der Waals surface area contributed by atoms with E-state index in [-0.39, 0.29) is 30.5 Å². The fourth-order valence-electron chi connectivity index (χ4n) is 2.65. The standard InChI is InChI=1S/C18H18F3N5O3/c1-4-29-13-7-6-12(23-16(13)18(19,20)21)17-25-24-14(10-27-2)26(17)11-5-8-15(28-3)22-9-11/h5-9H,4,10H2,1-3H3. The van der Waals surface area contributed by atoms with Gasteiger partial charge in [-0.1, -0.05) is 0 Å². The highest BCUT2D eigenvalue weighted by Crippen LogP contribution is 2.36. The molecular weight excluding hydrogens is 391 g/mol. The monoisotopic (exact) mass is 409 g/mol. The van der Waals surface area contributed by atoms with Crippen molar-refractivity contribution in [2.75, 3.05) is 20.8 Å². The molecule has 0 saturated carbocycles. The zero-order valence-corrected chi connectivity index (χ0v) is 15.9. The van der Waals surface area contributed by atoms with Gasteiger partial charge in [0.15, 0.2) is 17.3 Å². The van der Waals surface area contributed by atoms with Crippen LogP contribution in [0.4, 0.5) is 13.2 Å². The first-order valence-electron chi connectivity index (χ1n) is 8.54. The molecule has 29 heavy (non-hydrogen) atoms. The van der Waals surface area contributed by atoms with Crippen molar-refractivity contribution in [3.8, 4) is 28.8 Å². The summed E-state index contributed by atoms with van der Waals surface area (Å²) in [6, 6.07) is 5.91. The van der Waals surface area contributed by atoms with Gasteiger partial charge >= 0.3 is 6.18 Å². The molecule has 0 atom stereocenters. The molecule has 3 aromatic rings. The number of pyridine rings is 2. The lowest BCUT2D eigenvalue weighted by Gasteiger charge is -2.14. The summed E-state index contributed by atoms with van der Waals surface area (Å²) in [7, 11) is 2.95. The Morgan fingerprint density at radius 3 is 2.45 bits per heavy atom. The Hall–Kier alpha value is -3.21. The van der Waals surface area contributed by atoms with Crippen LogP contribution in [0.1, 0.15) is 18.4 Å². The summed E-state index contributed by atoms with van der Waals surface area (Å²) in [5.74, 6) is 0.518. The molecule has 0 fully saturated rings. The lowest BCUT2D eigenvalue weighted by molar-refractivity contribution is -0.142. The van der Waals surface area contributed by atoms with E-state index in [2.05, 4.69) is 20.2 Å². The Morgan fingerprint density at radius 2 is 1.86 bits per heavy atom. The second-order valence-electron chi connectivity index (χ2n) is 5.74. The minimum Gasteiger partial charge on any atom is -0.492 e. The second kappa shape index (κ2) is 8.43. The molecule has 0 spiro atoms. The predicted molar refractivity (Wildman–Crippen MR) is 95.8 cm³/mol. The number of ether oxygens (including phenoxy) is 3. The highest BCUT2D eigenvalue weighted by atomic mass is 19.4. The van der Waals surface area contributed by atoms with Crippen molar-refractivity contribution in [2.24, 2.45) is 0 Å². The number of hydrogen-bond acceptors (Lipinski definition) is 7. The fourth-order valence-corrected chi connectivity index (χ4v) is 2.65. The highest BCUT2D eigenvalue weighted by molar-refractivity contribution is 5.56. The number of halogens is 3. The third-order valence-corrected chi connectivity index (χ3v) is 3.85. The van der Waals surface area contributed by atoms with Gasteiger partial charge in [0.2, 0.25) is 5.88 Å². The Balaban J connectivity index is 2.16. The largest absolute Gasteiger partial charge is 0.492 e. The lowest BCUT2D eigenvalue weighted by Crippen LogP contribution is -2.13. The fraction of sp³-hybridized carbons (Fsp3) is 0.333. The molecule has 0 aliphatic rings. The summed E-state index contributed by atoms with van der Waals surface area (Å²) < 4.78 is 57.2. The molecule has 8 nitrogen and oxygen atoms in total. The SMILES string of the molecule is CCOc1ccc(-c2nnc(COC)n2-c2ccc(OC)nc2)nc1C(F)(F)F. The van der Waals surface area contributed by atoms with E-state index in [1.54, 1.807) is 19.1 Å². The molecule has 0 N–H and O–H groups in total. The molecule has 0 aromatic carbocycles. The van der Waals surface area contributed by atoms with Crippen LogP contribution in [-0.2, 0) is 17.5 Å². The van der Waals surface area contributed by atoms with E-state index in [9.17, 15) is 13.2 Å². The van der Waals surface area contributed by atoms with Crippen molar-refractivity contribution in [2.45, 2.75) is 19.7 Å². The summed E-state index contributed by atoms with van der Waals surface area (Å²) in [6.45, 7) is 1.76. The second-order valence-corrected chi connectivity index (χ2v) is 5.74. The van der Waals surface area contributed by atoms with Gasteiger partial charge in [-0.3, -0.25) is 4.57 Å². The third kappa shape index (κ3) is 4.29. The van der Waals surface area contributed by atoms with Gasteiger partial charge in [0, 0.05) is 13.2 Å². The Labute approximate surface area is 164 Å². The molecule has 0 radical (unpaired) electrons. The average Bonchev–Trinajstić information content (AvgIpc) is 3.12. The Kier molecular flexibility index (Phi) is 5.97. The number of methoxy groups -OCH3 is 2. The van der Waals surface area contributed by atoms with Crippen molar-refractivity contribution in [1.29, 1.82) is 0 Å². The first-order valence-corrected chi connectivity index (χ1v) is 8.54.